The van der Waals surface area contributed by atoms with Gasteiger partial charge in [-0.3, -0.25) is 4.90 Å². The van der Waals surface area contributed by atoms with E-state index in [4.69, 9.17) is 4.74 Å². The van der Waals surface area contributed by atoms with Crippen molar-refractivity contribution in [3.8, 4) is 0 Å². The molecule has 1 aliphatic rings. The van der Waals surface area contributed by atoms with Crippen molar-refractivity contribution < 1.29 is 13.2 Å². The predicted octanol–water partition coefficient (Wildman–Crippen LogP) is 1.62. The molecule has 1 saturated heterocycles. The highest BCUT2D eigenvalue weighted by Crippen LogP contribution is 2.21. The highest BCUT2D eigenvalue weighted by Gasteiger charge is 2.33. The number of likely N-dealkylation sites (N-methyl/N-ethyl adjacent to an activating group) is 1. The molecule has 1 atom stereocenters. The van der Waals surface area contributed by atoms with Gasteiger partial charge in [-0.1, -0.05) is 0 Å². The van der Waals surface area contributed by atoms with E-state index in [1.807, 2.05) is 0 Å². The molecular weight excluding hydrogens is 308 g/mol. The number of thiophene rings is 1. The molecule has 120 valence electrons. The second-order valence-corrected chi connectivity index (χ2v) is 8.59. The Morgan fingerprint density at radius 2 is 2.33 bits per heavy atom. The quantitative estimate of drug-likeness (QED) is 0.761. The minimum Gasteiger partial charge on any atom is -0.383 e. The molecule has 0 aliphatic carbocycles. The Morgan fingerprint density at radius 1 is 1.52 bits per heavy atom. The van der Waals surface area contributed by atoms with Crippen molar-refractivity contribution in [2.75, 3.05) is 40.4 Å². The van der Waals surface area contributed by atoms with E-state index in [-0.39, 0.29) is 5.25 Å². The summed E-state index contributed by atoms with van der Waals surface area (Å²) in [6, 6.07) is 2.10. The van der Waals surface area contributed by atoms with E-state index < -0.39 is 10.0 Å². The molecule has 1 aromatic rings. The van der Waals surface area contributed by atoms with Crippen molar-refractivity contribution in [3.63, 3.8) is 0 Å². The van der Waals surface area contributed by atoms with Crippen LogP contribution in [0.25, 0.3) is 0 Å². The van der Waals surface area contributed by atoms with Crippen LogP contribution in [0.15, 0.2) is 16.8 Å². The van der Waals surface area contributed by atoms with Crippen molar-refractivity contribution in [2.45, 2.75) is 24.6 Å². The van der Waals surface area contributed by atoms with Gasteiger partial charge in [0.25, 0.3) is 0 Å². The van der Waals surface area contributed by atoms with Crippen LogP contribution in [0.1, 0.15) is 18.4 Å². The molecule has 1 fully saturated rings. The summed E-state index contributed by atoms with van der Waals surface area (Å²) in [5.41, 5.74) is 1.27. The maximum atomic E-state index is 12.6. The zero-order valence-corrected chi connectivity index (χ0v) is 14.3. The number of nitrogens with zero attached hydrogens (tertiary/aromatic N) is 2. The molecule has 0 bridgehead atoms. The van der Waals surface area contributed by atoms with Gasteiger partial charge in [-0.05, 0) is 41.8 Å². The lowest BCUT2D eigenvalue weighted by atomic mass is 10.1. The van der Waals surface area contributed by atoms with E-state index in [1.165, 1.54) is 9.87 Å². The van der Waals surface area contributed by atoms with Gasteiger partial charge in [-0.25, -0.2) is 12.7 Å². The third-order valence-electron chi connectivity index (χ3n) is 3.91. The Balaban J connectivity index is 1.96. The van der Waals surface area contributed by atoms with Gasteiger partial charge in [0.1, 0.15) is 0 Å². The van der Waals surface area contributed by atoms with Gasteiger partial charge in [0.15, 0.2) is 0 Å². The lowest BCUT2D eigenvalue weighted by Gasteiger charge is -2.34. The first-order valence-corrected chi connectivity index (χ1v) is 9.66. The summed E-state index contributed by atoms with van der Waals surface area (Å²) in [5.74, 6) is 0. The van der Waals surface area contributed by atoms with Crippen LogP contribution in [-0.2, 0) is 21.3 Å². The third-order valence-corrected chi connectivity index (χ3v) is 6.93. The first-order valence-electron chi connectivity index (χ1n) is 7.21. The van der Waals surface area contributed by atoms with E-state index in [9.17, 15) is 8.42 Å². The smallest absolute Gasteiger partial charge is 0.218 e. The van der Waals surface area contributed by atoms with Crippen molar-refractivity contribution in [1.29, 1.82) is 0 Å². The molecule has 0 N–H and O–H groups in total. The first-order chi connectivity index (χ1) is 10.0. The van der Waals surface area contributed by atoms with E-state index in [1.54, 1.807) is 25.5 Å². The maximum Gasteiger partial charge on any atom is 0.218 e. The zero-order chi connectivity index (χ0) is 15.3. The topological polar surface area (TPSA) is 49.9 Å². The standard InChI is InChI=1S/C14H24N2O3S2/c1-15(7-8-19-2)21(17,18)14-4-3-6-16(11-14)10-13-5-9-20-12-13/h5,9,12,14H,3-4,6-8,10-11H2,1-2H3/t14-/m0/s1. The summed E-state index contributed by atoms with van der Waals surface area (Å²) in [6.07, 6.45) is 1.69. The third kappa shape index (κ3) is 4.50. The Morgan fingerprint density at radius 3 is 3.00 bits per heavy atom. The summed E-state index contributed by atoms with van der Waals surface area (Å²) in [7, 11) is 0.000142. The van der Waals surface area contributed by atoms with Gasteiger partial charge in [0.2, 0.25) is 10.0 Å². The fourth-order valence-corrected chi connectivity index (χ4v) is 5.00. The number of rotatable bonds is 7. The highest BCUT2D eigenvalue weighted by molar-refractivity contribution is 7.89. The lowest BCUT2D eigenvalue weighted by Crippen LogP contribution is -2.47. The van der Waals surface area contributed by atoms with Crippen LogP contribution in [0.4, 0.5) is 0 Å². The number of likely N-dealkylation sites (tertiary alicyclic amines) is 1. The first kappa shape index (κ1) is 16.9. The molecule has 0 amide bonds. The molecule has 21 heavy (non-hydrogen) atoms. The molecule has 0 aromatic carbocycles. The Bertz CT molecular complexity index is 516. The van der Waals surface area contributed by atoms with Gasteiger partial charge in [-0.15, -0.1) is 0 Å². The molecule has 7 heteroatoms. The number of methoxy groups -OCH3 is 1. The van der Waals surface area contributed by atoms with Crippen molar-refractivity contribution in [2.24, 2.45) is 0 Å². The molecule has 2 rings (SSSR count). The second kappa shape index (κ2) is 7.69. The summed E-state index contributed by atoms with van der Waals surface area (Å²) in [6.45, 7) is 3.29. The number of hydrogen-bond acceptors (Lipinski definition) is 5. The van der Waals surface area contributed by atoms with Crippen LogP contribution in [-0.4, -0.2) is 63.3 Å². The van der Waals surface area contributed by atoms with Crippen molar-refractivity contribution in [3.05, 3.63) is 22.4 Å². The Labute approximate surface area is 131 Å². The van der Waals surface area contributed by atoms with Crippen LogP contribution in [0.2, 0.25) is 0 Å². The molecular formula is C14H24N2O3S2. The lowest BCUT2D eigenvalue weighted by molar-refractivity contribution is 0.182. The molecule has 0 saturated carbocycles. The van der Waals surface area contributed by atoms with Crippen molar-refractivity contribution in [1.82, 2.24) is 9.21 Å². The number of ether oxygens (including phenoxy) is 1. The van der Waals surface area contributed by atoms with Crippen LogP contribution in [0, 0.1) is 0 Å². The van der Waals surface area contributed by atoms with Gasteiger partial charge in [0.05, 0.1) is 11.9 Å². The molecule has 1 aliphatic heterocycles. The summed E-state index contributed by atoms with van der Waals surface area (Å²) in [5, 5.41) is 3.89. The average molecular weight is 332 g/mol. The van der Waals surface area contributed by atoms with Gasteiger partial charge in [-0.2, -0.15) is 11.3 Å². The monoisotopic (exact) mass is 332 g/mol. The molecule has 0 unspecified atom stereocenters. The molecule has 0 spiro atoms. The summed E-state index contributed by atoms with van der Waals surface area (Å²) in [4.78, 5) is 2.25. The molecule has 5 nitrogen and oxygen atoms in total. The van der Waals surface area contributed by atoms with Crippen LogP contribution < -0.4 is 0 Å². The number of piperidine rings is 1. The Hall–Kier alpha value is -0.470. The van der Waals surface area contributed by atoms with Crippen LogP contribution in [0.5, 0.6) is 0 Å². The summed E-state index contributed by atoms with van der Waals surface area (Å²) < 4.78 is 31.6. The summed E-state index contributed by atoms with van der Waals surface area (Å²) >= 11 is 1.68. The van der Waals surface area contributed by atoms with Gasteiger partial charge < -0.3 is 4.74 Å². The van der Waals surface area contributed by atoms with Crippen LogP contribution in [0.3, 0.4) is 0 Å². The fourth-order valence-electron chi connectivity index (χ4n) is 2.64. The normalized spacial score (nSPS) is 21.0. The van der Waals surface area contributed by atoms with Gasteiger partial charge >= 0.3 is 0 Å². The average Bonchev–Trinajstić information content (AvgIpc) is 2.97. The minimum atomic E-state index is -3.23. The zero-order valence-electron chi connectivity index (χ0n) is 12.7. The minimum absolute atomic E-state index is 0.299. The van der Waals surface area contributed by atoms with E-state index in [2.05, 4.69) is 21.7 Å². The van der Waals surface area contributed by atoms with E-state index in [0.717, 1.165) is 25.9 Å². The predicted molar refractivity (Wildman–Crippen MR) is 86.0 cm³/mol. The largest absolute Gasteiger partial charge is 0.383 e. The van der Waals surface area contributed by atoms with Crippen LogP contribution >= 0.6 is 11.3 Å². The fraction of sp³-hybridized carbons (Fsp3) is 0.714. The highest BCUT2D eigenvalue weighted by atomic mass is 32.2. The maximum absolute atomic E-state index is 12.6. The van der Waals surface area contributed by atoms with E-state index >= 15 is 0 Å². The second-order valence-electron chi connectivity index (χ2n) is 5.49. The molecule has 1 aromatic heterocycles. The van der Waals surface area contributed by atoms with Crippen molar-refractivity contribution >= 4 is 21.4 Å². The van der Waals surface area contributed by atoms with Gasteiger partial charge in [0, 0.05) is 33.8 Å². The van der Waals surface area contributed by atoms with E-state index in [0.29, 0.717) is 19.7 Å². The molecule has 0 radical (unpaired) electrons. The number of sulfonamides is 1. The SMILES string of the molecule is COCCN(C)S(=O)(=O)[C@H]1CCCN(Cc2ccsc2)C1. The molecule has 2 heterocycles. The number of hydrogen-bond donors (Lipinski definition) is 0. The Kier molecular flexibility index (Phi) is 6.19.